The minimum atomic E-state index is -0.838. The average Bonchev–Trinajstić information content (AvgIpc) is 2.86. The van der Waals surface area contributed by atoms with Gasteiger partial charge in [-0.15, -0.1) is 0 Å². The van der Waals surface area contributed by atoms with E-state index in [-0.39, 0.29) is 12.1 Å². The largest absolute Gasteiger partial charge is 0.383 e. The lowest BCUT2D eigenvalue weighted by molar-refractivity contribution is 0.183. The molecule has 6 heteroatoms. The molecule has 0 amide bonds. The minimum Gasteiger partial charge on any atom is -0.383 e. The topological polar surface area (TPSA) is 39.1 Å². The van der Waals surface area contributed by atoms with Crippen molar-refractivity contribution in [2.45, 2.75) is 13.1 Å². The molecule has 2 rings (SSSR count). The molecule has 0 saturated carbocycles. The number of nitrogens with one attached hydrogen (secondary N) is 1. The van der Waals surface area contributed by atoms with Gasteiger partial charge in [0, 0.05) is 25.4 Å². The van der Waals surface area contributed by atoms with Gasteiger partial charge in [-0.3, -0.25) is 4.68 Å². The fourth-order valence-electron chi connectivity index (χ4n) is 1.64. The van der Waals surface area contributed by atoms with Crippen LogP contribution >= 0.6 is 0 Å². The minimum absolute atomic E-state index is 0.208. The lowest BCUT2D eigenvalue weighted by Gasteiger charge is -2.05. The molecule has 0 fully saturated rings. The molecular formula is C13H15F2N3O. The van der Waals surface area contributed by atoms with E-state index in [4.69, 9.17) is 4.74 Å². The van der Waals surface area contributed by atoms with Crippen LogP contribution in [0.15, 0.2) is 30.6 Å². The van der Waals surface area contributed by atoms with Crippen molar-refractivity contribution in [2.75, 3.05) is 19.0 Å². The second-order valence-corrected chi connectivity index (χ2v) is 4.05. The molecule has 2 aromatic rings. The number of ether oxygens (including phenoxy) is 1. The van der Waals surface area contributed by atoms with Crippen LogP contribution in [0.3, 0.4) is 0 Å². The van der Waals surface area contributed by atoms with Gasteiger partial charge in [0.15, 0.2) is 11.6 Å². The molecule has 0 radical (unpaired) electrons. The SMILES string of the molecule is COCCn1cc(NCc2cccc(F)c2F)cn1. The Bertz CT molecular complexity index is 542. The predicted octanol–water partition coefficient (Wildman–Crippen LogP) is 2.42. The number of rotatable bonds is 6. The van der Waals surface area contributed by atoms with Gasteiger partial charge in [-0.05, 0) is 6.07 Å². The van der Waals surface area contributed by atoms with Crippen LogP contribution in [0.5, 0.6) is 0 Å². The van der Waals surface area contributed by atoms with Crippen LogP contribution in [0.2, 0.25) is 0 Å². The zero-order valence-corrected chi connectivity index (χ0v) is 10.6. The quantitative estimate of drug-likeness (QED) is 0.873. The van der Waals surface area contributed by atoms with Crippen molar-refractivity contribution in [2.24, 2.45) is 0 Å². The van der Waals surface area contributed by atoms with Crippen LogP contribution in [0.25, 0.3) is 0 Å². The van der Waals surface area contributed by atoms with Gasteiger partial charge in [-0.2, -0.15) is 5.10 Å². The summed E-state index contributed by atoms with van der Waals surface area (Å²) in [4.78, 5) is 0. The predicted molar refractivity (Wildman–Crippen MR) is 67.8 cm³/mol. The average molecular weight is 267 g/mol. The van der Waals surface area contributed by atoms with Gasteiger partial charge in [-0.1, -0.05) is 12.1 Å². The lowest BCUT2D eigenvalue weighted by Crippen LogP contribution is -2.04. The lowest BCUT2D eigenvalue weighted by atomic mass is 10.2. The van der Waals surface area contributed by atoms with Gasteiger partial charge in [0.05, 0.1) is 25.0 Å². The summed E-state index contributed by atoms with van der Waals surface area (Å²) in [5.74, 6) is -1.66. The highest BCUT2D eigenvalue weighted by atomic mass is 19.2. The molecule has 0 aliphatic heterocycles. The van der Waals surface area contributed by atoms with Crippen molar-refractivity contribution in [1.82, 2.24) is 9.78 Å². The number of methoxy groups -OCH3 is 1. The van der Waals surface area contributed by atoms with E-state index >= 15 is 0 Å². The van der Waals surface area contributed by atoms with Crippen LogP contribution in [-0.2, 0) is 17.8 Å². The molecule has 0 aliphatic rings. The molecule has 1 aromatic carbocycles. The molecule has 0 atom stereocenters. The zero-order valence-electron chi connectivity index (χ0n) is 10.6. The van der Waals surface area contributed by atoms with Gasteiger partial charge in [-0.25, -0.2) is 8.78 Å². The number of benzene rings is 1. The molecule has 4 nitrogen and oxygen atoms in total. The molecule has 19 heavy (non-hydrogen) atoms. The first-order chi connectivity index (χ1) is 9.20. The maximum atomic E-state index is 13.4. The molecule has 0 bridgehead atoms. The third-order valence-electron chi connectivity index (χ3n) is 2.67. The van der Waals surface area contributed by atoms with Crippen molar-refractivity contribution in [3.63, 3.8) is 0 Å². The fourth-order valence-corrected chi connectivity index (χ4v) is 1.64. The van der Waals surface area contributed by atoms with Crippen molar-refractivity contribution >= 4 is 5.69 Å². The van der Waals surface area contributed by atoms with E-state index in [9.17, 15) is 8.78 Å². The fraction of sp³-hybridized carbons (Fsp3) is 0.308. The number of aromatic nitrogens is 2. The van der Waals surface area contributed by atoms with Crippen LogP contribution < -0.4 is 5.32 Å². The summed E-state index contributed by atoms with van der Waals surface area (Å²) < 4.78 is 33.1. The standard InChI is InChI=1S/C13H15F2N3O/c1-19-6-5-18-9-11(8-17-18)16-7-10-3-2-4-12(14)13(10)15/h2-4,8-9,16H,5-7H2,1H3. The highest BCUT2D eigenvalue weighted by molar-refractivity contribution is 5.39. The first-order valence-electron chi connectivity index (χ1n) is 5.89. The highest BCUT2D eigenvalue weighted by Crippen LogP contribution is 2.13. The van der Waals surface area contributed by atoms with Gasteiger partial charge >= 0.3 is 0 Å². The molecule has 102 valence electrons. The Hall–Kier alpha value is -1.95. The summed E-state index contributed by atoms with van der Waals surface area (Å²) in [6.07, 6.45) is 3.42. The number of halogens is 2. The van der Waals surface area contributed by atoms with Gasteiger partial charge < -0.3 is 10.1 Å². The first-order valence-corrected chi connectivity index (χ1v) is 5.89. The Balaban J connectivity index is 1.95. The summed E-state index contributed by atoms with van der Waals surface area (Å²) >= 11 is 0. The third-order valence-corrected chi connectivity index (χ3v) is 2.67. The van der Waals surface area contributed by atoms with Crippen molar-refractivity contribution in [3.05, 3.63) is 47.8 Å². The van der Waals surface area contributed by atoms with Crippen LogP contribution in [-0.4, -0.2) is 23.5 Å². The van der Waals surface area contributed by atoms with E-state index < -0.39 is 11.6 Å². The van der Waals surface area contributed by atoms with Gasteiger partial charge in [0.1, 0.15) is 0 Å². The molecular weight excluding hydrogens is 252 g/mol. The van der Waals surface area contributed by atoms with Crippen molar-refractivity contribution in [1.29, 1.82) is 0 Å². The Kier molecular flexibility index (Phi) is 4.46. The highest BCUT2D eigenvalue weighted by Gasteiger charge is 2.07. The second kappa shape index (κ2) is 6.29. The molecule has 0 aliphatic carbocycles. The smallest absolute Gasteiger partial charge is 0.163 e. The monoisotopic (exact) mass is 267 g/mol. The summed E-state index contributed by atoms with van der Waals surface area (Å²) in [5, 5.41) is 7.11. The Morgan fingerprint density at radius 3 is 3.00 bits per heavy atom. The number of nitrogens with zero attached hydrogens (tertiary/aromatic N) is 2. The Labute approximate surface area is 110 Å². The maximum absolute atomic E-state index is 13.4. The van der Waals surface area contributed by atoms with E-state index in [0.29, 0.717) is 13.2 Å². The van der Waals surface area contributed by atoms with Gasteiger partial charge in [0.25, 0.3) is 0 Å². The molecule has 1 heterocycles. The number of anilines is 1. The van der Waals surface area contributed by atoms with Crippen LogP contribution in [0, 0.1) is 11.6 Å². The molecule has 1 aromatic heterocycles. The zero-order chi connectivity index (χ0) is 13.7. The molecule has 0 spiro atoms. The normalized spacial score (nSPS) is 10.7. The first kappa shape index (κ1) is 13.5. The second-order valence-electron chi connectivity index (χ2n) is 4.05. The van der Waals surface area contributed by atoms with Crippen molar-refractivity contribution < 1.29 is 13.5 Å². The summed E-state index contributed by atoms with van der Waals surface area (Å²) in [7, 11) is 1.62. The van der Waals surface area contributed by atoms with E-state index in [1.165, 1.54) is 6.07 Å². The molecule has 0 unspecified atom stereocenters. The van der Waals surface area contributed by atoms with E-state index in [2.05, 4.69) is 10.4 Å². The van der Waals surface area contributed by atoms with Crippen molar-refractivity contribution in [3.8, 4) is 0 Å². The molecule has 1 N–H and O–H groups in total. The Morgan fingerprint density at radius 2 is 2.21 bits per heavy atom. The Morgan fingerprint density at radius 1 is 1.37 bits per heavy atom. The summed E-state index contributed by atoms with van der Waals surface area (Å²) in [6.45, 7) is 1.42. The van der Waals surface area contributed by atoms with Crippen LogP contribution in [0.4, 0.5) is 14.5 Å². The van der Waals surface area contributed by atoms with E-state index in [0.717, 1.165) is 11.8 Å². The van der Waals surface area contributed by atoms with Gasteiger partial charge in [0.2, 0.25) is 0 Å². The van der Waals surface area contributed by atoms with E-state index in [1.807, 2.05) is 0 Å². The summed E-state index contributed by atoms with van der Waals surface area (Å²) in [6, 6.07) is 4.12. The summed E-state index contributed by atoms with van der Waals surface area (Å²) in [5.41, 5.74) is 1.03. The van der Waals surface area contributed by atoms with Crippen LogP contribution in [0.1, 0.15) is 5.56 Å². The number of hydrogen-bond donors (Lipinski definition) is 1. The third kappa shape index (κ3) is 3.51. The van der Waals surface area contributed by atoms with E-state index in [1.54, 1.807) is 30.3 Å². The molecule has 0 saturated heterocycles. The maximum Gasteiger partial charge on any atom is 0.163 e. The number of hydrogen-bond acceptors (Lipinski definition) is 3.